The van der Waals surface area contributed by atoms with Gasteiger partial charge in [-0.15, -0.1) is 11.3 Å². The van der Waals surface area contributed by atoms with E-state index in [1.54, 1.807) is 11.3 Å². The minimum atomic E-state index is -0.0874. The number of thioether (sulfide) groups is 1. The molecule has 0 saturated heterocycles. The zero-order chi connectivity index (χ0) is 18.1. The molecular formula is C18H19N5OS2. The van der Waals surface area contributed by atoms with Crippen molar-refractivity contribution in [3.8, 4) is 0 Å². The van der Waals surface area contributed by atoms with Crippen LogP contribution in [0.25, 0.3) is 10.2 Å². The summed E-state index contributed by atoms with van der Waals surface area (Å²) in [6, 6.07) is 9.40. The van der Waals surface area contributed by atoms with Gasteiger partial charge in [0.25, 0.3) is 0 Å². The third-order valence-corrected chi connectivity index (χ3v) is 6.25. The number of hydrogen-bond acceptors (Lipinski definition) is 7. The van der Waals surface area contributed by atoms with Gasteiger partial charge in [0.15, 0.2) is 5.16 Å². The van der Waals surface area contributed by atoms with Crippen LogP contribution in [0.15, 0.2) is 35.5 Å². The van der Waals surface area contributed by atoms with Gasteiger partial charge in [0, 0.05) is 23.7 Å². The fourth-order valence-electron chi connectivity index (χ4n) is 3.04. The number of nitrogens with one attached hydrogen (secondary N) is 1. The molecule has 0 bridgehead atoms. The Morgan fingerprint density at radius 3 is 2.96 bits per heavy atom. The normalized spacial score (nSPS) is 14.3. The molecule has 0 unspecified atom stereocenters. The molecule has 3 heterocycles. The zero-order valence-electron chi connectivity index (χ0n) is 14.4. The summed E-state index contributed by atoms with van der Waals surface area (Å²) in [5.41, 5.74) is 8.29. The number of hydrogen-bond donors (Lipinski definition) is 2. The van der Waals surface area contributed by atoms with Gasteiger partial charge in [0.1, 0.15) is 10.6 Å². The molecule has 1 amide bonds. The largest absolute Gasteiger partial charge is 0.383 e. The average Bonchev–Trinajstić information content (AvgIpc) is 2.98. The van der Waals surface area contributed by atoms with E-state index in [1.807, 2.05) is 30.3 Å². The van der Waals surface area contributed by atoms with Gasteiger partial charge < -0.3 is 16.0 Å². The number of para-hydroxylation sites is 1. The Morgan fingerprint density at radius 1 is 1.35 bits per heavy atom. The van der Waals surface area contributed by atoms with Gasteiger partial charge in [-0.05, 0) is 31.2 Å². The molecule has 134 valence electrons. The SMILES string of the molecule is CN1CCc2c(sc3nc(SCC(=O)Nc4ccccc4)nc(N)c23)C1. The maximum absolute atomic E-state index is 12.1. The number of anilines is 2. The highest BCUT2D eigenvalue weighted by Crippen LogP contribution is 2.37. The smallest absolute Gasteiger partial charge is 0.234 e. The molecule has 1 aromatic carbocycles. The average molecular weight is 386 g/mol. The maximum atomic E-state index is 12.1. The van der Waals surface area contributed by atoms with Crippen molar-refractivity contribution in [1.29, 1.82) is 0 Å². The number of thiophene rings is 1. The van der Waals surface area contributed by atoms with Crippen LogP contribution in [0.2, 0.25) is 0 Å². The number of aromatic nitrogens is 2. The summed E-state index contributed by atoms with van der Waals surface area (Å²) >= 11 is 2.99. The van der Waals surface area contributed by atoms with Crippen molar-refractivity contribution in [1.82, 2.24) is 14.9 Å². The van der Waals surface area contributed by atoms with Crippen LogP contribution in [0.5, 0.6) is 0 Å². The van der Waals surface area contributed by atoms with Crippen LogP contribution in [0, 0.1) is 0 Å². The third-order valence-electron chi connectivity index (χ3n) is 4.29. The molecule has 3 aromatic rings. The van der Waals surface area contributed by atoms with Gasteiger partial charge in [0.2, 0.25) is 5.91 Å². The van der Waals surface area contributed by atoms with E-state index in [4.69, 9.17) is 5.73 Å². The van der Waals surface area contributed by atoms with Crippen LogP contribution in [0.4, 0.5) is 11.5 Å². The summed E-state index contributed by atoms with van der Waals surface area (Å²) < 4.78 is 0. The van der Waals surface area contributed by atoms with Gasteiger partial charge in [0.05, 0.1) is 11.1 Å². The van der Waals surface area contributed by atoms with E-state index in [1.165, 1.54) is 22.2 Å². The third kappa shape index (κ3) is 3.53. The molecule has 0 radical (unpaired) electrons. The highest BCUT2D eigenvalue weighted by atomic mass is 32.2. The molecule has 2 aromatic heterocycles. The highest BCUT2D eigenvalue weighted by molar-refractivity contribution is 7.99. The van der Waals surface area contributed by atoms with Crippen molar-refractivity contribution in [3.05, 3.63) is 40.8 Å². The Balaban J connectivity index is 1.50. The molecule has 26 heavy (non-hydrogen) atoms. The van der Waals surface area contributed by atoms with E-state index in [-0.39, 0.29) is 11.7 Å². The van der Waals surface area contributed by atoms with E-state index in [0.717, 1.165) is 35.4 Å². The number of likely N-dealkylation sites (N-methyl/N-ethyl adjacent to an activating group) is 1. The maximum Gasteiger partial charge on any atom is 0.234 e. The zero-order valence-corrected chi connectivity index (χ0v) is 16.0. The lowest BCUT2D eigenvalue weighted by molar-refractivity contribution is -0.113. The molecule has 0 saturated carbocycles. The van der Waals surface area contributed by atoms with Crippen molar-refractivity contribution < 1.29 is 4.79 Å². The van der Waals surface area contributed by atoms with Gasteiger partial charge in [-0.25, -0.2) is 9.97 Å². The van der Waals surface area contributed by atoms with E-state index >= 15 is 0 Å². The van der Waals surface area contributed by atoms with Gasteiger partial charge in [-0.1, -0.05) is 30.0 Å². The molecule has 0 spiro atoms. The minimum Gasteiger partial charge on any atom is -0.383 e. The number of fused-ring (bicyclic) bond motifs is 3. The number of rotatable bonds is 4. The Hall–Kier alpha value is -2.16. The molecule has 8 heteroatoms. The first-order valence-electron chi connectivity index (χ1n) is 8.34. The summed E-state index contributed by atoms with van der Waals surface area (Å²) in [4.78, 5) is 25.7. The van der Waals surface area contributed by atoms with Crippen molar-refractivity contribution in [2.24, 2.45) is 0 Å². The Labute approximate surface area is 159 Å². The van der Waals surface area contributed by atoms with Crippen LogP contribution in [-0.2, 0) is 17.8 Å². The lowest BCUT2D eigenvalue weighted by Crippen LogP contribution is -2.25. The molecule has 1 aliphatic rings. The first-order valence-corrected chi connectivity index (χ1v) is 10.1. The van der Waals surface area contributed by atoms with Crippen molar-refractivity contribution >= 4 is 50.7 Å². The number of nitrogens with two attached hydrogens (primary N) is 1. The second kappa shape index (κ2) is 7.22. The lowest BCUT2D eigenvalue weighted by Gasteiger charge is -2.22. The van der Waals surface area contributed by atoms with Crippen molar-refractivity contribution in [2.75, 3.05) is 30.4 Å². The van der Waals surface area contributed by atoms with Crippen LogP contribution in [-0.4, -0.2) is 40.1 Å². The summed E-state index contributed by atoms with van der Waals surface area (Å²) in [5, 5.41) is 4.40. The number of carbonyl (C=O) groups is 1. The summed E-state index contributed by atoms with van der Waals surface area (Å²) in [7, 11) is 2.12. The topological polar surface area (TPSA) is 84.1 Å². The van der Waals surface area contributed by atoms with Gasteiger partial charge >= 0.3 is 0 Å². The predicted molar refractivity (Wildman–Crippen MR) is 108 cm³/mol. The van der Waals surface area contributed by atoms with E-state index < -0.39 is 0 Å². The fraction of sp³-hybridized carbons (Fsp3) is 0.278. The number of nitrogens with zero attached hydrogens (tertiary/aromatic N) is 3. The number of nitrogen functional groups attached to an aromatic ring is 1. The fourth-order valence-corrected chi connectivity index (χ4v) is 5.06. The van der Waals surface area contributed by atoms with Crippen LogP contribution < -0.4 is 11.1 Å². The molecule has 1 aliphatic heterocycles. The van der Waals surface area contributed by atoms with E-state index in [0.29, 0.717) is 11.0 Å². The molecule has 0 atom stereocenters. The van der Waals surface area contributed by atoms with E-state index in [2.05, 4.69) is 27.2 Å². The number of benzene rings is 1. The molecule has 3 N–H and O–H groups in total. The first kappa shape index (κ1) is 17.3. The van der Waals surface area contributed by atoms with E-state index in [9.17, 15) is 4.79 Å². The standard InChI is InChI=1S/C18H19N5OS2/c1-23-8-7-12-13(9-23)26-17-15(12)16(19)21-18(22-17)25-10-14(24)20-11-5-3-2-4-6-11/h2-6H,7-10H2,1H3,(H,20,24)(H2,19,21,22). The van der Waals surface area contributed by atoms with Crippen LogP contribution >= 0.6 is 23.1 Å². The number of amides is 1. The Morgan fingerprint density at radius 2 is 2.15 bits per heavy atom. The molecule has 4 rings (SSSR count). The van der Waals surface area contributed by atoms with Gasteiger partial charge in [-0.2, -0.15) is 0 Å². The second-order valence-electron chi connectivity index (χ2n) is 6.27. The Bertz CT molecular complexity index is 957. The Kier molecular flexibility index (Phi) is 4.80. The molecule has 0 fully saturated rings. The van der Waals surface area contributed by atoms with Crippen LogP contribution in [0.3, 0.4) is 0 Å². The quantitative estimate of drug-likeness (QED) is 0.531. The van der Waals surface area contributed by atoms with Gasteiger partial charge in [-0.3, -0.25) is 4.79 Å². The summed E-state index contributed by atoms with van der Waals surface area (Å²) in [6.45, 7) is 1.95. The molecular weight excluding hydrogens is 366 g/mol. The molecule has 6 nitrogen and oxygen atoms in total. The monoisotopic (exact) mass is 385 g/mol. The lowest BCUT2D eigenvalue weighted by atomic mass is 10.1. The van der Waals surface area contributed by atoms with Crippen LogP contribution in [0.1, 0.15) is 10.4 Å². The summed E-state index contributed by atoms with van der Waals surface area (Å²) in [5.74, 6) is 0.673. The highest BCUT2D eigenvalue weighted by Gasteiger charge is 2.22. The van der Waals surface area contributed by atoms with Crippen molar-refractivity contribution in [2.45, 2.75) is 18.1 Å². The second-order valence-corrected chi connectivity index (χ2v) is 8.29. The number of carbonyl (C=O) groups excluding carboxylic acids is 1. The van der Waals surface area contributed by atoms with Crippen molar-refractivity contribution in [3.63, 3.8) is 0 Å². The summed E-state index contributed by atoms with van der Waals surface area (Å²) in [6.07, 6.45) is 0.978. The first-order chi connectivity index (χ1) is 12.6. The minimum absolute atomic E-state index is 0.0874. The predicted octanol–water partition coefficient (Wildman–Crippen LogP) is 2.99. The molecule has 0 aliphatic carbocycles.